The van der Waals surface area contributed by atoms with E-state index in [-0.39, 0.29) is 10.2 Å². The second kappa shape index (κ2) is 5.48. The van der Waals surface area contributed by atoms with Gasteiger partial charge in [0.15, 0.2) is 0 Å². The second-order valence-electron chi connectivity index (χ2n) is 3.29. The molecule has 0 spiro atoms. The molecule has 0 fully saturated rings. The van der Waals surface area contributed by atoms with E-state index < -0.39 is 30.7 Å². The van der Waals surface area contributed by atoms with Crippen LogP contribution in [-0.2, 0) is 4.79 Å². The highest BCUT2D eigenvalue weighted by molar-refractivity contribution is 9.10. The van der Waals surface area contributed by atoms with E-state index >= 15 is 0 Å². The van der Waals surface area contributed by atoms with Crippen molar-refractivity contribution >= 4 is 27.5 Å². The molecule has 0 unspecified atom stereocenters. The highest BCUT2D eigenvalue weighted by Crippen LogP contribution is 2.22. The first-order valence-corrected chi connectivity index (χ1v) is 5.39. The molecule has 7 heteroatoms. The first kappa shape index (κ1) is 14.0. The Bertz CT molecular complexity index is 419. The Balaban J connectivity index is 2.54. The summed E-state index contributed by atoms with van der Waals surface area (Å²) in [6.07, 6.45) is -6.25. The molecule has 1 amide bonds. The van der Waals surface area contributed by atoms with Crippen molar-refractivity contribution in [2.75, 3.05) is 5.32 Å². The molecule has 0 atom stereocenters. The van der Waals surface area contributed by atoms with Gasteiger partial charge in [-0.15, -0.1) is 0 Å². The molecule has 17 heavy (non-hydrogen) atoms. The van der Waals surface area contributed by atoms with Gasteiger partial charge >= 0.3 is 6.18 Å². The van der Waals surface area contributed by atoms with Crippen LogP contribution in [-0.4, -0.2) is 12.1 Å². The van der Waals surface area contributed by atoms with E-state index in [0.717, 1.165) is 6.07 Å². The van der Waals surface area contributed by atoms with Crippen molar-refractivity contribution in [2.24, 2.45) is 0 Å². The fraction of sp³-hybridized carbons (Fsp3) is 0.300. The van der Waals surface area contributed by atoms with E-state index in [4.69, 9.17) is 0 Å². The lowest BCUT2D eigenvalue weighted by molar-refractivity contribution is -0.142. The summed E-state index contributed by atoms with van der Waals surface area (Å²) in [7, 11) is 0. The van der Waals surface area contributed by atoms with E-state index in [1.54, 1.807) is 0 Å². The van der Waals surface area contributed by atoms with Crippen molar-refractivity contribution < 1.29 is 22.4 Å². The number of rotatable bonds is 3. The topological polar surface area (TPSA) is 29.1 Å². The standard InChI is InChI=1S/C10H8BrF4NO/c11-7-2-1-6(5-8(7)12)16-9(17)3-4-10(13,14)15/h1-2,5H,3-4H2,(H,16,17). The molecule has 2 nitrogen and oxygen atoms in total. The number of carbonyl (C=O) groups excluding carboxylic acids is 1. The zero-order valence-corrected chi connectivity index (χ0v) is 10.0. The molecule has 0 saturated carbocycles. The van der Waals surface area contributed by atoms with Gasteiger partial charge in [-0.3, -0.25) is 4.79 Å². The van der Waals surface area contributed by atoms with E-state index in [2.05, 4.69) is 21.2 Å². The quantitative estimate of drug-likeness (QED) is 0.843. The van der Waals surface area contributed by atoms with Crippen molar-refractivity contribution in [3.63, 3.8) is 0 Å². The van der Waals surface area contributed by atoms with Crippen LogP contribution in [0.25, 0.3) is 0 Å². The highest BCUT2D eigenvalue weighted by Gasteiger charge is 2.27. The minimum Gasteiger partial charge on any atom is -0.326 e. The minimum absolute atomic E-state index is 0.123. The Morgan fingerprint density at radius 2 is 2.00 bits per heavy atom. The minimum atomic E-state index is -4.37. The molecule has 0 aliphatic carbocycles. The number of amides is 1. The van der Waals surface area contributed by atoms with Crippen molar-refractivity contribution in [3.05, 3.63) is 28.5 Å². The summed E-state index contributed by atoms with van der Waals surface area (Å²) in [6, 6.07) is 3.77. The third-order valence-corrected chi connectivity index (χ3v) is 2.48. The molecule has 0 aliphatic rings. The maximum absolute atomic E-state index is 13.0. The average Bonchev–Trinajstić information content (AvgIpc) is 2.20. The molecule has 1 aromatic carbocycles. The molecule has 1 aromatic rings. The maximum atomic E-state index is 13.0. The molecule has 1 rings (SSSR count). The molecule has 0 aromatic heterocycles. The molecular formula is C10H8BrF4NO. The molecule has 94 valence electrons. The zero-order valence-electron chi connectivity index (χ0n) is 8.44. The maximum Gasteiger partial charge on any atom is 0.389 e. The summed E-state index contributed by atoms with van der Waals surface area (Å²) >= 11 is 2.92. The average molecular weight is 314 g/mol. The third kappa shape index (κ3) is 5.16. The molecule has 0 aliphatic heterocycles. The molecule has 0 heterocycles. The Kier molecular flexibility index (Phi) is 4.50. The van der Waals surface area contributed by atoms with E-state index in [1.807, 2.05) is 0 Å². The van der Waals surface area contributed by atoms with Gasteiger partial charge in [-0.1, -0.05) is 0 Å². The highest BCUT2D eigenvalue weighted by atomic mass is 79.9. The van der Waals surface area contributed by atoms with Gasteiger partial charge in [-0.2, -0.15) is 13.2 Å². The van der Waals surface area contributed by atoms with Gasteiger partial charge in [0.1, 0.15) is 5.82 Å². The zero-order chi connectivity index (χ0) is 13.1. The Morgan fingerprint density at radius 3 is 2.53 bits per heavy atom. The smallest absolute Gasteiger partial charge is 0.326 e. The predicted octanol–water partition coefficient (Wildman–Crippen LogP) is 3.87. The SMILES string of the molecule is O=C(CCC(F)(F)F)Nc1ccc(Br)c(F)c1. The fourth-order valence-corrected chi connectivity index (χ4v) is 1.30. The van der Waals surface area contributed by atoms with Crippen LogP contribution < -0.4 is 5.32 Å². The molecule has 0 saturated heterocycles. The van der Waals surface area contributed by atoms with E-state index in [9.17, 15) is 22.4 Å². The summed E-state index contributed by atoms with van der Waals surface area (Å²) < 4.78 is 48.7. The molecule has 0 bridgehead atoms. The van der Waals surface area contributed by atoms with Gasteiger partial charge in [-0.05, 0) is 34.1 Å². The first-order valence-electron chi connectivity index (χ1n) is 4.59. The Morgan fingerprint density at radius 1 is 1.35 bits per heavy atom. The number of nitrogens with one attached hydrogen (secondary N) is 1. The second-order valence-corrected chi connectivity index (χ2v) is 4.15. The van der Waals surface area contributed by atoms with Crippen molar-refractivity contribution in [1.29, 1.82) is 0 Å². The van der Waals surface area contributed by atoms with Crippen LogP contribution in [0.3, 0.4) is 0 Å². The number of benzene rings is 1. The van der Waals surface area contributed by atoms with Crippen molar-refractivity contribution in [1.82, 2.24) is 0 Å². The summed E-state index contributed by atoms with van der Waals surface area (Å²) in [5, 5.41) is 2.18. The number of hydrogen-bond acceptors (Lipinski definition) is 1. The first-order chi connectivity index (χ1) is 7.78. The van der Waals surface area contributed by atoms with Crippen molar-refractivity contribution in [3.8, 4) is 0 Å². The van der Waals surface area contributed by atoms with Crippen LogP contribution in [0.4, 0.5) is 23.2 Å². The van der Waals surface area contributed by atoms with Crippen molar-refractivity contribution in [2.45, 2.75) is 19.0 Å². The van der Waals surface area contributed by atoms with Gasteiger partial charge in [-0.25, -0.2) is 4.39 Å². The van der Waals surface area contributed by atoms with E-state index in [0.29, 0.717) is 0 Å². The van der Waals surface area contributed by atoms with Gasteiger partial charge in [0.25, 0.3) is 0 Å². The Labute approximate surface area is 103 Å². The molecule has 1 N–H and O–H groups in total. The number of carbonyl (C=O) groups is 1. The van der Waals surface area contributed by atoms with Crippen LogP contribution in [0.15, 0.2) is 22.7 Å². The van der Waals surface area contributed by atoms with Crippen LogP contribution in [0.1, 0.15) is 12.8 Å². The molecule has 0 radical (unpaired) electrons. The molecular weight excluding hydrogens is 306 g/mol. The number of halogens is 5. The lowest BCUT2D eigenvalue weighted by atomic mass is 10.2. The predicted molar refractivity (Wildman–Crippen MR) is 58.0 cm³/mol. The van der Waals surface area contributed by atoms with Crippen LogP contribution in [0.5, 0.6) is 0 Å². The lowest BCUT2D eigenvalue weighted by Crippen LogP contribution is -2.16. The lowest BCUT2D eigenvalue weighted by Gasteiger charge is -2.07. The number of alkyl halides is 3. The van der Waals surface area contributed by atoms with Gasteiger partial charge < -0.3 is 5.32 Å². The fourth-order valence-electron chi connectivity index (χ4n) is 1.05. The monoisotopic (exact) mass is 313 g/mol. The van der Waals surface area contributed by atoms with Gasteiger partial charge in [0.05, 0.1) is 10.9 Å². The number of hydrogen-bond donors (Lipinski definition) is 1. The van der Waals surface area contributed by atoms with Gasteiger partial charge in [0, 0.05) is 12.1 Å². The van der Waals surface area contributed by atoms with Crippen LogP contribution in [0.2, 0.25) is 0 Å². The summed E-state index contributed by atoms with van der Waals surface area (Å²) in [5.41, 5.74) is 0.123. The summed E-state index contributed by atoms with van der Waals surface area (Å²) in [5.74, 6) is -1.40. The van der Waals surface area contributed by atoms with E-state index in [1.165, 1.54) is 12.1 Å². The third-order valence-electron chi connectivity index (χ3n) is 1.84. The largest absolute Gasteiger partial charge is 0.389 e. The van der Waals surface area contributed by atoms with Gasteiger partial charge in [0.2, 0.25) is 5.91 Å². The number of anilines is 1. The summed E-state index contributed by atoms with van der Waals surface area (Å²) in [6.45, 7) is 0. The van der Waals surface area contributed by atoms with Crippen LogP contribution in [0, 0.1) is 5.82 Å². The summed E-state index contributed by atoms with van der Waals surface area (Å²) in [4.78, 5) is 11.1. The normalized spacial score (nSPS) is 11.4. The Hall–Kier alpha value is -1.11. The van der Waals surface area contributed by atoms with Crippen LogP contribution >= 0.6 is 15.9 Å².